The number of nitrogens with zero attached hydrogens (tertiary/aromatic N) is 1. The zero-order valence-corrected chi connectivity index (χ0v) is 21.9. The normalized spacial score (nSPS) is 14.8. The van der Waals surface area contributed by atoms with Crippen molar-refractivity contribution in [3.8, 4) is 11.5 Å². The van der Waals surface area contributed by atoms with Crippen LogP contribution < -0.4 is 19.8 Å². The number of hydrogen-bond donors (Lipinski definition) is 0. The third-order valence-corrected chi connectivity index (χ3v) is 6.90. The molecule has 36 heavy (non-hydrogen) atoms. The van der Waals surface area contributed by atoms with Gasteiger partial charge in [-0.15, -0.1) is 0 Å². The van der Waals surface area contributed by atoms with Gasteiger partial charge in [0, 0.05) is 10.2 Å². The van der Waals surface area contributed by atoms with E-state index in [1.54, 1.807) is 30.2 Å². The lowest BCUT2D eigenvalue weighted by Crippen LogP contribution is -2.29. The third kappa shape index (κ3) is 4.17. The van der Waals surface area contributed by atoms with E-state index in [-0.39, 0.29) is 17.1 Å². The van der Waals surface area contributed by atoms with Gasteiger partial charge in [0.2, 0.25) is 5.76 Å². The van der Waals surface area contributed by atoms with Crippen LogP contribution in [0.4, 0.5) is 5.69 Å². The molecule has 3 aromatic carbocycles. The molecule has 1 aliphatic heterocycles. The van der Waals surface area contributed by atoms with Gasteiger partial charge >= 0.3 is 0 Å². The highest BCUT2D eigenvalue weighted by Crippen LogP contribution is 2.43. The number of fused-ring (bicyclic) bond motifs is 2. The number of aryl methyl sites for hydroxylation is 1. The molecular weight excluding hydrogens is 522 g/mol. The minimum atomic E-state index is -0.687. The molecule has 1 amide bonds. The van der Waals surface area contributed by atoms with E-state index in [2.05, 4.69) is 22.9 Å². The summed E-state index contributed by atoms with van der Waals surface area (Å²) in [6.45, 7) is 4.67. The Morgan fingerprint density at radius 3 is 2.50 bits per heavy atom. The summed E-state index contributed by atoms with van der Waals surface area (Å²) in [4.78, 5) is 29.2. The van der Waals surface area contributed by atoms with Crippen molar-refractivity contribution in [2.24, 2.45) is 0 Å². The summed E-state index contributed by atoms with van der Waals surface area (Å²) < 4.78 is 18.3. The number of halogens is 1. The monoisotopic (exact) mass is 547 g/mol. The van der Waals surface area contributed by atoms with Crippen molar-refractivity contribution in [3.63, 3.8) is 0 Å². The lowest BCUT2D eigenvalue weighted by Gasteiger charge is -2.26. The predicted octanol–water partition coefficient (Wildman–Crippen LogP) is 6.80. The van der Waals surface area contributed by atoms with E-state index in [0.717, 1.165) is 28.4 Å². The van der Waals surface area contributed by atoms with Gasteiger partial charge < -0.3 is 13.9 Å². The van der Waals surface area contributed by atoms with Crippen LogP contribution in [0.1, 0.15) is 53.1 Å². The van der Waals surface area contributed by atoms with E-state index in [1.807, 2.05) is 49.4 Å². The first-order chi connectivity index (χ1) is 17.4. The van der Waals surface area contributed by atoms with Crippen LogP contribution in [0.3, 0.4) is 0 Å². The molecule has 2 heterocycles. The van der Waals surface area contributed by atoms with Crippen molar-refractivity contribution in [1.82, 2.24) is 0 Å². The van der Waals surface area contributed by atoms with Crippen LogP contribution in [0.15, 0.2) is 74.3 Å². The van der Waals surface area contributed by atoms with Crippen LogP contribution in [-0.2, 0) is 0 Å². The van der Waals surface area contributed by atoms with Crippen LogP contribution in [0.2, 0.25) is 0 Å². The van der Waals surface area contributed by atoms with Gasteiger partial charge in [0.15, 0.2) is 16.9 Å². The largest absolute Gasteiger partial charge is 0.493 e. The first-order valence-corrected chi connectivity index (χ1v) is 12.7. The lowest BCUT2D eigenvalue weighted by atomic mass is 9.97. The smallest absolute Gasteiger partial charge is 0.295 e. The summed E-state index contributed by atoms with van der Waals surface area (Å²) in [6, 6.07) is 17.7. The van der Waals surface area contributed by atoms with Crippen molar-refractivity contribution in [2.75, 3.05) is 18.6 Å². The van der Waals surface area contributed by atoms with E-state index in [1.165, 1.54) is 0 Å². The molecule has 7 heteroatoms. The first-order valence-electron chi connectivity index (χ1n) is 11.9. The zero-order chi connectivity index (χ0) is 25.4. The molecule has 1 aliphatic rings. The van der Waals surface area contributed by atoms with Gasteiger partial charge in [0.25, 0.3) is 5.91 Å². The average Bonchev–Trinajstić information content (AvgIpc) is 3.17. The molecule has 0 N–H and O–H groups in total. The molecule has 1 unspecified atom stereocenters. The van der Waals surface area contributed by atoms with E-state index in [0.29, 0.717) is 40.3 Å². The van der Waals surface area contributed by atoms with Crippen LogP contribution >= 0.6 is 15.9 Å². The standard InChI is InChI=1S/C29H26BrNO5/c1-4-5-14-35-23-12-8-18(15-24(23)34-3)26-25-27(32)21-16-19(30)9-13-22(21)36-28(25)29(33)31(26)20-10-6-17(2)7-11-20/h6-13,15-16,26H,4-5,14H2,1-3H3. The highest BCUT2D eigenvalue weighted by molar-refractivity contribution is 9.10. The van der Waals surface area contributed by atoms with Crippen LogP contribution in [0.5, 0.6) is 11.5 Å². The summed E-state index contributed by atoms with van der Waals surface area (Å²) in [7, 11) is 1.58. The minimum Gasteiger partial charge on any atom is -0.493 e. The molecule has 1 aromatic heterocycles. The molecule has 1 atom stereocenters. The fourth-order valence-corrected chi connectivity index (χ4v) is 4.89. The molecular formula is C29H26BrNO5. The van der Waals surface area contributed by atoms with E-state index < -0.39 is 6.04 Å². The first kappa shape index (κ1) is 24.1. The third-order valence-electron chi connectivity index (χ3n) is 6.40. The van der Waals surface area contributed by atoms with Gasteiger partial charge in [0.1, 0.15) is 5.58 Å². The van der Waals surface area contributed by atoms with E-state index in [4.69, 9.17) is 13.9 Å². The molecule has 0 bridgehead atoms. The van der Waals surface area contributed by atoms with Crippen molar-refractivity contribution in [2.45, 2.75) is 32.7 Å². The quantitative estimate of drug-likeness (QED) is 0.238. The highest BCUT2D eigenvalue weighted by Gasteiger charge is 2.44. The Labute approximate surface area is 217 Å². The van der Waals surface area contributed by atoms with Crippen LogP contribution in [0, 0.1) is 6.92 Å². The molecule has 0 saturated carbocycles. The molecule has 6 nitrogen and oxygen atoms in total. The Kier molecular flexibility index (Phi) is 6.58. The minimum absolute atomic E-state index is 0.0580. The fourth-order valence-electron chi connectivity index (χ4n) is 4.53. The van der Waals surface area contributed by atoms with E-state index in [9.17, 15) is 9.59 Å². The van der Waals surface area contributed by atoms with E-state index >= 15 is 0 Å². The van der Waals surface area contributed by atoms with Gasteiger partial charge in [-0.25, -0.2) is 0 Å². The SMILES string of the molecule is CCCCOc1ccc(C2c3c(oc4ccc(Br)cc4c3=O)C(=O)N2c2ccc(C)cc2)cc1OC. The number of rotatable bonds is 7. The summed E-state index contributed by atoms with van der Waals surface area (Å²) in [5.41, 5.74) is 2.92. The molecule has 5 rings (SSSR count). The number of ether oxygens (including phenoxy) is 2. The van der Waals surface area contributed by atoms with Gasteiger partial charge in [-0.3, -0.25) is 14.5 Å². The van der Waals surface area contributed by atoms with Crippen molar-refractivity contribution >= 4 is 38.5 Å². The molecule has 0 spiro atoms. The maximum Gasteiger partial charge on any atom is 0.295 e. The highest BCUT2D eigenvalue weighted by atomic mass is 79.9. The number of amides is 1. The Hall–Kier alpha value is -3.58. The molecule has 0 saturated heterocycles. The van der Waals surface area contributed by atoms with Gasteiger partial charge in [0.05, 0.1) is 30.7 Å². The lowest BCUT2D eigenvalue weighted by molar-refractivity contribution is 0.0971. The zero-order valence-electron chi connectivity index (χ0n) is 20.3. The maximum absolute atomic E-state index is 13.8. The van der Waals surface area contributed by atoms with Gasteiger partial charge in [-0.2, -0.15) is 0 Å². The molecule has 4 aromatic rings. The maximum atomic E-state index is 13.8. The average molecular weight is 548 g/mol. The number of anilines is 1. The topological polar surface area (TPSA) is 69.0 Å². The Morgan fingerprint density at radius 2 is 1.78 bits per heavy atom. The second kappa shape index (κ2) is 9.82. The van der Waals surface area contributed by atoms with Crippen molar-refractivity contribution < 1.29 is 18.7 Å². The number of carbonyl (C=O) groups is 1. The number of unbranched alkanes of at least 4 members (excludes halogenated alkanes) is 1. The number of carbonyl (C=O) groups excluding carboxylic acids is 1. The van der Waals surface area contributed by atoms with Crippen LogP contribution in [-0.4, -0.2) is 19.6 Å². The van der Waals surface area contributed by atoms with Gasteiger partial charge in [-0.1, -0.05) is 53.0 Å². The molecule has 184 valence electrons. The summed E-state index contributed by atoms with van der Waals surface area (Å²) in [5, 5.41) is 0.415. The predicted molar refractivity (Wildman–Crippen MR) is 143 cm³/mol. The second-order valence-electron chi connectivity index (χ2n) is 8.84. The van der Waals surface area contributed by atoms with Crippen molar-refractivity contribution in [1.29, 1.82) is 0 Å². The Balaban J connectivity index is 1.71. The summed E-state index contributed by atoms with van der Waals surface area (Å²) in [6.07, 6.45) is 1.95. The number of benzene rings is 3. The van der Waals surface area contributed by atoms with Crippen molar-refractivity contribution in [3.05, 3.63) is 97.8 Å². The summed E-state index contributed by atoms with van der Waals surface area (Å²) >= 11 is 3.44. The Morgan fingerprint density at radius 1 is 1.00 bits per heavy atom. The number of hydrogen-bond acceptors (Lipinski definition) is 5. The molecule has 0 radical (unpaired) electrons. The Bertz CT molecular complexity index is 1510. The molecule has 0 aliphatic carbocycles. The fraction of sp³-hybridized carbons (Fsp3) is 0.241. The van der Waals surface area contributed by atoms with Gasteiger partial charge in [-0.05, 0) is 61.4 Å². The molecule has 0 fully saturated rings. The van der Waals surface area contributed by atoms with Crippen LogP contribution in [0.25, 0.3) is 11.0 Å². The number of methoxy groups -OCH3 is 1. The summed E-state index contributed by atoms with van der Waals surface area (Å²) in [5.74, 6) is 0.863. The second-order valence-corrected chi connectivity index (χ2v) is 9.76.